The number of rotatable bonds is 0. The number of fused-ring (bicyclic) bond motifs is 5. The molecule has 0 aliphatic carbocycles. The monoisotopic (exact) mass is 420 g/mol. The number of benzene rings is 4. The molecule has 2 heteroatoms. The van der Waals surface area contributed by atoms with Gasteiger partial charge in [0.2, 0.25) is 0 Å². The van der Waals surface area contributed by atoms with Crippen molar-refractivity contribution in [2.75, 3.05) is 0 Å². The van der Waals surface area contributed by atoms with E-state index in [0.717, 1.165) is 11.1 Å². The SMILES string of the molecule is C[Si](C)(C)C#Cc1ccc2ccc3c4cc(C#C[Si](C)(C)C)ccc4ccc3c2c1. The predicted molar refractivity (Wildman–Crippen MR) is 139 cm³/mol. The first kappa shape index (κ1) is 20.5. The van der Waals surface area contributed by atoms with Gasteiger partial charge in [-0.05, 0) is 56.6 Å². The zero-order valence-corrected chi connectivity index (χ0v) is 20.8. The van der Waals surface area contributed by atoms with Crippen LogP contribution in [0.3, 0.4) is 0 Å². The topological polar surface area (TPSA) is 0 Å². The Hall–Kier alpha value is -2.79. The molecule has 148 valence electrons. The highest BCUT2D eigenvalue weighted by Gasteiger charge is 2.10. The highest BCUT2D eigenvalue weighted by Crippen LogP contribution is 2.32. The molecular formula is C28H28Si2. The van der Waals surface area contributed by atoms with Crippen molar-refractivity contribution in [1.29, 1.82) is 0 Å². The lowest BCUT2D eigenvalue weighted by Crippen LogP contribution is -2.16. The normalized spacial score (nSPS) is 11.8. The van der Waals surface area contributed by atoms with Crippen LogP contribution in [0.25, 0.3) is 32.3 Å². The van der Waals surface area contributed by atoms with Gasteiger partial charge in [0.1, 0.15) is 16.1 Å². The summed E-state index contributed by atoms with van der Waals surface area (Å²) in [5.41, 5.74) is 9.19. The summed E-state index contributed by atoms with van der Waals surface area (Å²) in [5, 5.41) is 7.63. The van der Waals surface area contributed by atoms with Crippen molar-refractivity contribution in [3.63, 3.8) is 0 Å². The molecule has 0 heterocycles. The molecule has 0 saturated heterocycles. The van der Waals surface area contributed by atoms with Gasteiger partial charge in [0.15, 0.2) is 0 Å². The maximum atomic E-state index is 3.49. The van der Waals surface area contributed by atoms with Crippen LogP contribution >= 0.6 is 0 Å². The average Bonchev–Trinajstić information content (AvgIpc) is 2.69. The van der Waals surface area contributed by atoms with Crippen LogP contribution in [-0.2, 0) is 0 Å². The minimum atomic E-state index is -1.40. The van der Waals surface area contributed by atoms with Gasteiger partial charge in [0.25, 0.3) is 0 Å². The smallest absolute Gasteiger partial charge is 0.127 e. The molecule has 0 saturated carbocycles. The second-order valence-corrected chi connectivity index (χ2v) is 19.6. The quantitative estimate of drug-likeness (QED) is 0.156. The average molecular weight is 421 g/mol. The summed E-state index contributed by atoms with van der Waals surface area (Å²) in [7, 11) is -2.79. The Morgan fingerprint density at radius 2 is 0.833 bits per heavy atom. The van der Waals surface area contributed by atoms with Crippen molar-refractivity contribution < 1.29 is 0 Å². The third kappa shape index (κ3) is 4.52. The Labute approximate surface area is 182 Å². The summed E-state index contributed by atoms with van der Waals surface area (Å²) < 4.78 is 0. The molecule has 30 heavy (non-hydrogen) atoms. The molecular weight excluding hydrogens is 392 g/mol. The van der Waals surface area contributed by atoms with E-state index in [1.54, 1.807) is 0 Å². The Morgan fingerprint density at radius 1 is 0.467 bits per heavy atom. The van der Waals surface area contributed by atoms with Gasteiger partial charge >= 0.3 is 0 Å². The van der Waals surface area contributed by atoms with Crippen molar-refractivity contribution in [3.05, 3.63) is 71.8 Å². The van der Waals surface area contributed by atoms with Crippen molar-refractivity contribution in [1.82, 2.24) is 0 Å². The van der Waals surface area contributed by atoms with Crippen LogP contribution in [0, 0.1) is 22.9 Å². The summed E-state index contributed by atoms with van der Waals surface area (Å²) >= 11 is 0. The van der Waals surface area contributed by atoms with Gasteiger partial charge in [-0.25, -0.2) is 0 Å². The van der Waals surface area contributed by atoms with E-state index < -0.39 is 16.1 Å². The van der Waals surface area contributed by atoms with Crippen molar-refractivity contribution in [2.24, 2.45) is 0 Å². The fourth-order valence-corrected chi connectivity index (χ4v) is 4.58. The van der Waals surface area contributed by atoms with E-state index >= 15 is 0 Å². The first-order valence-electron chi connectivity index (χ1n) is 10.5. The molecule has 0 aromatic heterocycles. The maximum absolute atomic E-state index is 3.49. The molecule has 0 spiro atoms. The van der Waals surface area contributed by atoms with Crippen LogP contribution in [0.1, 0.15) is 11.1 Å². The lowest BCUT2D eigenvalue weighted by Gasteiger charge is -2.09. The zero-order chi connectivity index (χ0) is 21.5. The summed E-state index contributed by atoms with van der Waals surface area (Å²) in [4.78, 5) is 0. The predicted octanol–water partition coefficient (Wildman–Crippen LogP) is 7.60. The molecule has 0 unspecified atom stereocenters. The van der Waals surface area contributed by atoms with Gasteiger partial charge in [0, 0.05) is 11.1 Å². The largest absolute Gasteiger partial charge is 0.129 e. The van der Waals surface area contributed by atoms with Gasteiger partial charge < -0.3 is 0 Å². The van der Waals surface area contributed by atoms with Crippen molar-refractivity contribution in [2.45, 2.75) is 39.3 Å². The lowest BCUT2D eigenvalue weighted by molar-refractivity contribution is 1.70. The Morgan fingerprint density at radius 3 is 1.20 bits per heavy atom. The van der Waals surface area contributed by atoms with E-state index in [1.807, 2.05) is 0 Å². The van der Waals surface area contributed by atoms with Crippen LogP contribution in [-0.4, -0.2) is 16.1 Å². The van der Waals surface area contributed by atoms with E-state index in [2.05, 4.69) is 123 Å². The molecule has 4 aromatic carbocycles. The minimum absolute atomic E-state index is 1.10. The van der Waals surface area contributed by atoms with Gasteiger partial charge in [-0.1, -0.05) is 87.5 Å². The van der Waals surface area contributed by atoms with Crippen molar-refractivity contribution in [3.8, 4) is 22.9 Å². The lowest BCUT2D eigenvalue weighted by atomic mass is 9.95. The number of hydrogen-bond donors (Lipinski definition) is 0. The Bertz CT molecular complexity index is 1300. The fourth-order valence-electron chi connectivity index (χ4n) is 3.54. The van der Waals surface area contributed by atoms with E-state index in [-0.39, 0.29) is 0 Å². The first-order chi connectivity index (χ1) is 14.1. The van der Waals surface area contributed by atoms with E-state index in [1.165, 1.54) is 32.3 Å². The van der Waals surface area contributed by atoms with Crippen LogP contribution in [0.4, 0.5) is 0 Å². The summed E-state index contributed by atoms with van der Waals surface area (Å²) in [6.07, 6.45) is 0. The first-order valence-corrected chi connectivity index (χ1v) is 17.5. The molecule has 0 fully saturated rings. The molecule has 0 nitrogen and oxygen atoms in total. The molecule has 4 rings (SSSR count). The van der Waals surface area contributed by atoms with E-state index in [0.29, 0.717) is 0 Å². The minimum Gasteiger partial charge on any atom is -0.127 e. The van der Waals surface area contributed by atoms with Gasteiger partial charge in [-0.2, -0.15) is 0 Å². The van der Waals surface area contributed by atoms with Crippen molar-refractivity contribution >= 4 is 48.5 Å². The molecule has 0 atom stereocenters. The fraction of sp³-hybridized carbons (Fsp3) is 0.214. The summed E-state index contributed by atoms with van der Waals surface area (Å²) in [6, 6.07) is 22.2. The van der Waals surface area contributed by atoms with E-state index in [4.69, 9.17) is 0 Å². The molecule has 0 radical (unpaired) electrons. The molecule has 0 N–H and O–H groups in total. The second kappa shape index (κ2) is 7.48. The van der Waals surface area contributed by atoms with Gasteiger partial charge in [0.05, 0.1) is 0 Å². The van der Waals surface area contributed by atoms with Gasteiger partial charge in [-0.3, -0.25) is 0 Å². The summed E-state index contributed by atoms with van der Waals surface area (Å²) in [6.45, 7) is 13.7. The molecule has 0 aliphatic heterocycles. The van der Waals surface area contributed by atoms with Crippen LogP contribution in [0.2, 0.25) is 39.3 Å². The van der Waals surface area contributed by atoms with Crippen LogP contribution in [0.5, 0.6) is 0 Å². The molecule has 0 aliphatic rings. The van der Waals surface area contributed by atoms with Crippen LogP contribution < -0.4 is 0 Å². The highest BCUT2D eigenvalue weighted by atomic mass is 28.3. The number of hydrogen-bond acceptors (Lipinski definition) is 0. The molecule has 0 amide bonds. The molecule has 4 aromatic rings. The van der Waals surface area contributed by atoms with Gasteiger partial charge in [-0.15, -0.1) is 11.1 Å². The second-order valence-electron chi connectivity index (χ2n) is 10.1. The van der Waals surface area contributed by atoms with Crippen LogP contribution in [0.15, 0.2) is 60.7 Å². The molecule has 0 bridgehead atoms. The Balaban J connectivity index is 1.94. The summed E-state index contributed by atoms with van der Waals surface area (Å²) in [5.74, 6) is 6.83. The third-order valence-corrected chi connectivity index (χ3v) is 6.75. The Kier molecular flexibility index (Phi) is 5.10. The maximum Gasteiger partial charge on any atom is 0.129 e. The third-order valence-electron chi connectivity index (χ3n) is 5.00. The zero-order valence-electron chi connectivity index (χ0n) is 18.8. The standard InChI is InChI=1S/C28H28Si2/c1-29(2,3)17-15-21-7-9-23-11-14-26-25(27(23)19-21)13-12-24-10-8-22(20-28(24)26)16-18-30(4,5)6/h7-14,19-20H,1-6H3. The highest BCUT2D eigenvalue weighted by molar-refractivity contribution is 6.84. The van der Waals surface area contributed by atoms with E-state index in [9.17, 15) is 0 Å².